The first kappa shape index (κ1) is 20.7. The van der Waals surface area contributed by atoms with E-state index in [1.54, 1.807) is 25.3 Å². The topological polar surface area (TPSA) is 69.5 Å². The molecule has 0 unspecified atom stereocenters. The Labute approximate surface area is 170 Å². The van der Waals surface area contributed by atoms with Gasteiger partial charge in [0.25, 0.3) is 5.91 Å². The van der Waals surface area contributed by atoms with Crippen LogP contribution in [0.4, 0.5) is 0 Å². The smallest absolute Gasteiger partial charge is 0.260 e. The SMILES string of the molecule is COc1ccc(C[NH+]2CCN(C(=O)COc3ccc(C=O)cc3OC)CC2)cc1. The second kappa shape index (κ2) is 9.93. The molecular weight excluding hydrogens is 372 g/mol. The number of nitrogens with zero attached hydrogens (tertiary/aromatic N) is 1. The molecule has 29 heavy (non-hydrogen) atoms. The Balaban J connectivity index is 1.46. The van der Waals surface area contributed by atoms with E-state index in [1.807, 2.05) is 17.0 Å². The molecule has 0 aromatic heterocycles. The van der Waals surface area contributed by atoms with Crippen LogP contribution < -0.4 is 19.1 Å². The van der Waals surface area contributed by atoms with E-state index in [9.17, 15) is 9.59 Å². The lowest BCUT2D eigenvalue weighted by Crippen LogP contribution is -3.13. The minimum atomic E-state index is -0.0510. The van der Waals surface area contributed by atoms with Crippen molar-refractivity contribution in [1.82, 2.24) is 4.90 Å². The number of piperazine rings is 1. The number of carbonyl (C=O) groups is 2. The molecule has 154 valence electrons. The molecule has 0 bridgehead atoms. The van der Waals surface area contributed by atoms with E-state index in [2.05, 4.69) is 12.1 Å². The van der Waals surface area contributed by atoms with Crippen LogP contribution in [0.3, 0.4) is 0 Å². The summed E-state index contributed by atoms with van der Waals surface area (Å²) >= 11 is 0. The molecule has 3 rings (SSSR count). The van der Waals surface area contributed by atoms with Gasteiger partial charge in [0.05, 0.1) is 40.4 Å². The van der Waals surface area contributed by atoms with Crippen LogP contribution in [-0.2, 0) is 11.3 Å². The monoisotopic (exact) mass is 399 g/mol. The Morgan fingerprint density at radius 3 is 2.38 bits per heavy atom. The molecule has 7 nitrogen and oxygen atoms in total. The average Bonchev–Trinajstić information content (AvgIpc) is 2.78. The predicted molar refractivity (Wildman–Crippen MR) is 108 cm³/mol. The largest absolute Gasteiger partial charge is 0.497 e. The minimum Gasteiger partial charge on any atom is -0.497 e. The molecule has 1 N–H and O–H groups in total. The summed E-state index contributed by atoms with van der Waals surface area (Å²) in [5.74, 6) is 1.71. The second-order valence-electron chi connectivity index (χ2n) is 6.97. The van der Waals surface area contributed by atoms with Crippen LogP contribution in [0.1, 0.15) is 15.9 Å². The van der Waals surface area contributed by atoms with Crippen LogP contribution in [0.15, 0.2) is 42.5 Å². The number of hydrogen-bond acceptors (Lipinski definition) is 5. The number of ether oxygens (including phenoxy) is 3. The maximum Gasteiger partial charge on any atom is 0.260 e. The fourth-order valence-electron chi connectivity index (χ4n) is 3.39. The summed E-state index contributed by atoms with van der Waals surface area (Å²) in [6, 6.07) is 13.0. The van der Waals surface area contributed by atoms with Gasteiger partial charge in [0, 0.05) is 11.1 Å². The molecular formula is C22H27N2O5+. The Bertz CT molecular complexity index is 830. The summed E-state index contributed by atoms with van der Waals surface area (Å²) in [6.45, 7) is 4.08. The predicted octanol–water partition coefficient (Wildman–Crippen LogP) is 0.822. The van der Waals surface area contributed by atoms with Crippen LogP contribution in [0.2, 0.25) is 0 Å². The van der Waals surface area contributed by atoms with Crippen molar-refractivity contribution in [1.29, 1.82) is 0 Å². The van der Waals surface area contributed by atoms with Crippen molar-refractivity contribution < 1.29 is 28.7 Å². The van der Waals surface area contributed by atoms with Gasteiger partial charge in [0.15, 0.2) is 18.1 Å². The summed E-state index contributed by atoms with van der Waals surface area (Å²) in [5, 5.41) is 0. The highest BCUT2D eigenvalue weighted by Gasteiger charge is 2.24. The van der Waals surface area contributed by atoms with Gasteiger partial charge in [-0.25, -0.2) is 0 Å². The number of methoxy groups -OCH3 is 2. The molecule has 1 aliphatic heterocycles. The Morgan fingerprint density at radius 2 is 1.76 bits per heavy atom. The van der Waals surface area contributed by atoms with Crippen molar-refractivity contribution >= 4 is 12.2 Å². The van der Waals surface area contributed by atoms with Crippen molar-refractivity contribution in [3.63, 3.8) is 0 Å². The first-order valence-corrected chi connectivity index (χ1v) is 9.63. The van der Waals surface area contributed by atoms with Crippen molar-refractivity contribution in [2.24, 2.45) is 0 Å². The molecule has 0 spiro atoms. The Morgan fingerprint density at radius 1 is 1.03 bits per heavy atom. The van der Waals surface area contributed by atoms with Crippen LogP contribution >= 0.6 is 0 Å². The molecule has 1 saturated heterocycles. The van der Waals surface area contributed by atoms with Gasteiger partial charge >= 0.3 is 0 Å². The second-order valence-corrected chi connectivity index (χ2v) is 6.97. The molecule has 2 aromatic carbocycles. The van der Waals surface area contributed by atoms with E-state index >= 15 is 0 Å². The minimum absolute atomic E-state index is 0.0463. The van der Waals surface area contributed by atoms with Crippen LogP contribution in [-0.4, -0.2) is 64.1 Å². The van der Waals surface area contributed by atoms with E-state index in [1.165, 1.54) is 17.6 Å². The average molecular weight is 399 g/mol. The van der Waals surface area contributed by atoms with Gasteiger partial charge in [-0.3, -0.25) is 9.59 Å². The third-order valence-corrected chi connectivity index (χ3v) is 5.11. The molecule has 1 fully saturated rings. The number of quaternary nitrogens is 1. The molecule has 0 aliphatic carbocycles. The van der Waals surface area contributed by atoms with Gasteiger partial charge in [-0.15, -0.1) is 0 Å². The third-order valence-electron chi connectivity index (χ3n) is 5.11. The summed E-state index contributed by atoms with van der Waals surface area (Å²) < 4.78 is 16.1. The van der Waals surface area contributed by atoms with Crippen LogP contribution in [0.5, 0.6) is 17.2 Å². The first-order valence-electron chi connectivity index (χ1n) is 9.63. The quantitative estimate of drug-likeness (QED) is 0.666. The van der Waals surface area contributed by atoms with Gasteiger partial charge in [-0.1, -0.05) is 0 Å². The zero-order chi connectivity index (χ0) is 20.6. The Kier molecular flexibility index (Phi) is 7.08. The zero-order valence-corrected chi connectivity index (χ0v) is 16.8. The van der Waals surface area contributed by atoms with Gasteiger partial charge < -0.3 is 24.0 Å². The van der Waals surface area contributed by atoms with Crippen molar-refractivity contribution in [2.75, 3.05) is 47.0 Å². The van der Waals surface area contributed by atoms with Crippen LogP contribution in [0.25, 0.3) is 0 Å². The Hall–Kier alpha value is -3.06. The number of aldehydes is 1. The number of amides is 1. The van der Waals surface area contributed by atoms with Gasteiger partial charge in [0.2, 0.25) is 0 Å². The molecule has 7 heteroatoms. The van der Waals surface area contributed by atoms with E-state index < -0.39 is 0 Å². The fourth-order valence-corrected chi connectivity index (χ4v) is 3.39. The van der Waals surface area contributed by atoms with Gasteiger partial charge in [-0.2, -0.15) is 0 Å². The van der Waals surface area contributed by atoms with Gasteiger partial charge in [0.1, 0.15) is 18.6 Å². The fraction of sp³-hybridized carbons (Fsp3) is 0.364. The lowest BCUT2D eigenvalue weighted by molar-refractivity contribution is -0.917. The molecule has 0 saturated carbocycles. The maximum absolute atomic E-state index is 12.5. The number of rotatable bonds is 8. The number of benzene rings is 2. The standard InChI is InChI=1S/C22H26N2O5/c1-27-19-6-3-17(4-7-19)14-23-9-11-24(12-10-23)22(26)16-29-20-8-5-18(15-25)13-21(20)28-2/h3-8,13,15H,9-12,14,16H2,1-2H3/p+1. The number of carbonyl (C=O) groups excluding carboxylic acids is 2. The number of hydrogen-bond donors (Lipinski definition) is 1. The lowest BCUT2D eigenvalue weighted by atomic mass is 10.2. The summed E-state index contributed by atoms with van der Waals surface area (Å²) in [7, 11) is 3.17. The van der Waals surface area contributed by atoms with E-state index in [-0.39, 0.29) is 12.5 Å². The lowest BCUT2D eigenvalue weighted by Gasteiger charge is -2.32. The highest BCUT2D eigenvalue weighted by molar-refractivity contribution is 5.78. The zero-order valence-electron chi connectivity index (χ0n) is 16.8. The summed E-state index contributed by atoms with van der Waals surface area (Å²) in [6.07, 6.45) is 0.741. The normalized spacial score (nSPS) is 14.3. The molecule has 0 atom stereocenters. The highest BCUT2D eigenvalue weighted by Crippen LogP contribution is 2.27. The highest BCUT2D eigenvalue weighted by atomic mass is 16.5. The molecule has 1 aliphatic rings. The van der Waals surface area contributed by atoms with E-state index in [4.69, 9.17) is 14.2 Å². The van der Waals surface area contributed by atoms with Crippen LogP contribution in [0, 0.1) is 0 Å². The van der Waals surface area contributed by atoms with E-state index in [0.29, 0.717) is 30.2 Å². The van der Waals surface area contributed by atoms with Gasteiger partial charge in [-0.05, 0) is 42.5 Å². The molecule has 0 radical (unpaired) electrons. The molecule has 1 heterocycles. The summed E-state index contributed by atoms with van der Waals surface area (Å²) in [5.41, 5.74) is 1.76. The van der Waals surface area contributed by atoms with E-state index in [0.717, 1.165) is 31.7 Å². The maximum atomic E-state index is 12.5. The van der Waals surface area contributed by atoms with Crippen molar-refractivity contribution in [2.45, 2.75) is 6.54 Å². The van der Waals surface area contributed by atoms with Crippen molar-refractivity contribution in [3.8, 4) is 17.2 Å². The molecule has 2 aromatic rings. The third kappa shape index (κ3) is 5.48. The van der Waals surface area contributed by atoms with Crippen molar-refractivity contribution in [3.05, 3.63) is 53.6 Å². The summed E-state index contributed by atoms with van der Waals surface area (Å²) in [4.78, 5) is 26.7. The molecule has 1 amide bonds. The first-order chi connectivity index (χ1) is 14.1. The number of nitrogens with one attached hydrogen (secondary N) is 1.